The average molecular weight is 341 g/mol. The zero-order chi connectivity index (χ0) is 15.9. The Hall–Kier alpha value is -1.87. The fourth-order valence-electron chi connectivity index (χ4n) is 2.19. The van der Waals surface area contributed by atoms with Crippen molar-refractivity contribution in [3.05, 3.63) is 40.7 Å². The van der Waals surface area contributed by atoms with Gasteiger partial charge in [0, 0.05) is 13.1 Å². The molecule has 1 aromatic carbocycles. The van der Waals surface area contributed by atoms with Crippen LogP contribution in [0.1, 0.15) is 15.4 Å². The smallest absolute Gasteiger partial charge is 0.267 e. The first-order valence-corrected chi connectivity index (χ1v) is 8.79. The van der Waals surface area contributed by atoms with Crippen LogP contribution in [0, 0.1) is 12.7 Å². The van der Waals surface area contributed by atoms with Crippen LogP contribution in [0.3, 0.4) is 0 Å². The predicted molar refractivity (Wildman–Crippen MR) is 77.9 cm³/mol. The van der Waals surface area contributed by atoms with E-state index in [0.717, 1.165) is 23.7 Å². The largest absolute Gasteiger partial charge is 0.335 e. The standard InChI is InChI=1S/C13H12FN3O3S2/c1-8-12(21-16-15-8)13(18)17-6-11(7-17)22(19,20)10-4-2-9(14)3-5-10/h2-5,11H,6-7H2,1H3. The Kier molecular flexibility index (Phi) is 3.69. The van der Waals surface area contributed by atoms with E-state index in [2.05, 4.69) is 9.59 Å². The molecule has 0 radical (unpaired) electrons. The minimum Gasteiger partial charge on any atom is -0.335 e. The van der Waals surface area contributed by atoms with Crippen molar-refractivity contribution in [2.45, 2.75) is 17.1 Å². The van der Waals surface area contributed by atoms with E-state index in [-0.39, 0.29) is 23.9 Å². The van der Waals surface area contributed by atoms with Crippen molar-refractivity contribution in [3.63, 3.8) is 0 Å². The van der Waals surface area contributed by atoms with Gasteiger partial charge < -0.3 is 4.90 Å². The third kappa shape index (κ3) is 2.50. The molecule has 22 heavy (non-hydrogen) atoms. The number of rotatable bonds is 3. The van der Waals surface area contributed by atoms with Crippen LogP contribution in [-0.4, -0.2) is 47.2 Å². The number of likely N-dealkylation sites (tertiary alicyclic amines) is 1. The van der Waals surface area contributed by atoms with Gasteiger partial charge in [0.15, 0.2) is 9.84 Å². The molecule has 3 rings (SSSR count). The number of benzene rings is 1. The maximum absolute atomic E-state index is 12.9. The Morgan fingerprint density at radius 2 is 1.95 bits per heavy atom. The van der Waals surface area contributed by atoms with E-state index in [1.54, 1.807) is 6.92 Å². The summed E-state index contributed by atoms with van der Waals surface area (Å²) in [5.74, 6) is -0.740. The number of halogens is 1. The molecule has 1 saturated heterocycles. The Balaban J connectivity index is 1.71. The number of sulfone groups is 1. The maximum Gasteiger partial charge on any atom is 0.267 e. The van der Waals surface area contributed by atoms with Crippen molar-refractivity contribution in [2.24, 2.45) is 0 Å². The van der Waals surface area contributed by atoms with Crippen LogP contribution < -0.4 is 0 Å². The minimum atomic E-state index is -3.55. The first kappa shape index (κ1) is 15.0. The molecular formula is C13H12FN3O3S2. The van der Waals surface area contributed by atoms with Gasteiger partial charge in [-0.05, 0) is 42.7 Å². The molecule has 0 bridgehead atoms. The van der Waals surface area contributed by atoms with Crippen molar-refractivity contribution < 1.29 is 17.6 Å². The summed E-state index contributed by atoms with van der Waals surface area (Å²) in [6.45, 7) is 1.93. The molecule has 1 aliphatic heterocycles. The minimum absolute atomic E-state index is 0.0710. The molecule has 0 saturated carbocycles. The number of aryl methyl sites for hydroxylation is 1. The summed E-state index contributed by atoms with van der Waals surface area (Å²) in [5, 5.41) is 3.11. The third-order valence-corrected chi connectivity index (χ3v) is 6.48. The van der Waals surface area contributed by atoms with E-state index in [1.807, 2.05) is 0 Å². The molecule has 2 heterocycles. The average Bonchev–Trinajstić information content (AvgIpc) is 2.83. The van der Waals surface area contributed by atoms with E-state index in [0.29, 0.717) is 10.6 Å². The van der Waals surface area contributed by atoms with Gasteiger partial charge in [-0.1, -0.05) is 4.49 Å². The summed E-state index contributed by atoms with van der Waals surface area (Å²) < 4.78 is 41.3. The fraction of sp³-hybridized carbons (Fsp3) is 0.308. The van der Waals surface area contributed by atoms with Crippen LogP contribution in [-0.2, 0) is 9.84 Å². The van der Waals surface area contributed by atoms with Gasteiger partial charge in [-0.25, -0.2) is 12.8 Å². The zero-order valence-corrected chi connectivity index (χ0v) is 13.2. The van der Waals surface area contributed by atoms with Gasteiger partial charge in [-0.15, -0.1) is 5.10 Å². The van der Waals surface area contributed by atoms with Gasteiger partial charge >= 0.3 is 0 Å². The lowest BCUT2D eigenvalue weighted by atomic mass is 10.2. The number of hydrogen-bond donors (Lipinski definition) is 0. The molecule has 0 N–H and O–H groups in total. The molecule has 0 aliphatic carbocycles. The van der Waals surface area contributed by atoms with Crippen LogP contribution >= 0.6 is 11.5 Å². The van der Waals surface area contributed by atoms with E-state index in [1.165, 1.54) is 17.0 Å². The third-order valence-electron chi connectivity index (χ3n) is 3.56. The predicted octanol–water partition coefficient (Wildman–Crippen LogP) is 1.28. The number of aromatic nitrogens is 2. The lowest BCUT2D eigenvalue weighted by Gasteiger charge is -2.38. The highest BCUT2D eigenvalue weighted by Gasteiger charge is 2.41. The first-order valence-electron chi connectivity index (χ1n) is 6.47. The van der Waals surface area contributed by atoms with E-state index >= 15 is 0 Å². The van der Waals surface area contributed by atoms with Crippen molar-refractivity contribution in [2.75, 3.05) is 13.1 Å². The monoisotopic (exact) mass is 341 g/mol. The van der Waals surface area contributed by atoms with Crippen molar-refractivity contribution in [1.29, 1.82) is 0 Å². The maximum atomic E-state index is 12.9. The normalized spacial score (nSPS) is 15.6. The van der Waals surface area contributed by atoms with E-state index in [9.17, 15) is 17.6 Å². The van der Waals surface area contributed by atoms with Gasteiger partial charge in [0.05, 0.1) is 10.6 Å². The molecule has 1 fully saturated rings. The van der Waals surface area contributed by atoms with Gasteiger partial charge in [0.1, 0.15) is 15.9 Å². The Morgan fingerprint density at radius 1 is 1.32 bits per heavy atom. The second kappa shape index (κ2) is 5.40. The van der Waals surface area contributed by atoms with Crippen LogP contribution in [0.25, 0.3) is 0 Å². The summed E-state index contributed by atoms with van der Waals surface area (Å²) in [4.78, 5) is 14.1. The van der Waals surface area contributed by atoms with Gasteiger partial charge in [-0.3, -0.25) is 4.79 Å². The molecule has 1 aliphatic rings. The molecule has 116 valence electrons. The molecule has 6 nitrogen and oxygen atoms in total. The number of carbonyl (C=O) groups is 1. The highest BCUT2D eigenvalue weighted by molar-refractivity contribution is 7.92. The Morgan fingerprint density at radius 3 is 2.50 bits per heavy atom. The molecule has 0 atom stereocenters. The van der Waals surface area contributed by atoms with E-state index < -0.39 is 20.9 Å². The molecule has 9 heteroatoms. The van der Waals surface area contributed by atoms with Gasteiger partial charge in [0.2, 0.25) is 0 Å². The number of nitrogens with zero attached hydrogens (tertiary/aromatic N) is 3. The first-order chi connectivity index (χ1) is 10.4. The summed E-state index contributed by atoms with van der Waals surface area (Å²) in [6, 6.07) is 4.71. The highest BCUT2D eigenvalue weighted by Crippen LogP contribution is 2.26. The van der Waals surface area contributed by atoms with Crippen LogP contribution in [0.5, 0.6) is 0 Å². The van der Waals surface area contributed by atoms with Gasteiger partial charge in [0.25, 0.3) is 5.91 Å². The molecule has 0 spiro atoms. The summed E-state index contributed by atoms with van der Waals surface area (Å²) in [5.41, 5.74) is 0.542. The summed E-state index contributed by atoms with van der Waals surface area (Å²) >= 11 is 0.999. The molecule has 0 unspecified atom stereocenters. The van der Waals surface area contributed by atoms with Crippen LogP contribution in [0.4, 0.5) is 4.39 Å². The molecule has 1 amide bonds. The summed E-state index contributed by atoms with van der Waals surface area (Å²) in [7, 11) is -3.55. The lowest BCUT2D eigenvalue weighted by molar-refractivity contribution is 0.0663. The summed E-state index contributed by atoms with van der Waals surface area (Å²) in [6.07, 6.45) is 0. The molecule has 1 aromatic heterocycles. The number of carbonyl (C=O) groups excluding carboxylic acids is 1. The van der Waals surface area contributed by atoms with Crippen LogP contribution in [0.2, 0.25) is 0 Å². The van der Waals surface area contributed by atoms with Crippen LogP contribution in [0.15, 0.2) is 29.2 Å². The van der Waals surface area contributed by atoms with Gasteiger partial charge in [-0.2, -0.15) is 0 Å². The van der Waals surface area contributed by atoms with Crippen molar-refractivity contribution in [3.8, 4) is 0 Å². The Bertz CT molecular complexity index is 811. The quantitative estimate of drug-likeness (QED) is 0.786. The topological polar surface area (TPSA) is 80.2 Å². The lowest BCUT2D eigenvalue weighted by Crippen LogP contribution is -2.56. The SMILES string of the molecule is Cc1nnsc1C(=O)N1CC(S(=O)(=O)c2ccc(F)cc2)C1. The second-order valence-corrected chi connectivity index (χ2v) is 8.00. The molecule has 2 aromatic rings. The van der Waals surface area contributed by atoms with E-state index in [4.69, 9.17) is 0 Å². The zero-order valence-electron chi connectivity index (χ0n) is 11.6. The fourth-order valence-corrected chi connectivity index (χ4v) is 4.47. The second-order valence-electron chi connectivity index (χ2n) is 5.02. The van der Waals surface area contributed by atoms with Crippen molar-refractivity contribution in [1.82, 2.24) is 14.5 Å². The molecular weight excluding hydrogens is 329 g/mol. The highest BCUT2D eigenvalue weighted by atomic mass is 32.2. The number of hydrogen-bond acceptors (Lipinski definition) is 6. The van der Waals surface area contributed by atoms with Crippen molar-refractivity contribution >= 4 is 27.3 Å². The Labute approximate surface area is 130 Å². The number of amides is 1.